The molecule has 0 bridgehead atoms. The number of aliphatic carboxylic acids is 1. The Bertz CT molecular complexity index is 1610. The number of carboxylic acid groups (broad SMARTS) is 1. The SMILES string of the molecule is Cc1noc(-c2ccc(C(=O)N[C@H](Cc3ccc(C#N)cc3)C(=O)O)cc2)c1NC(=O)O[C@H](C)c1ccccc1Cl. The molecule has 2 amide bonds. The highest BCUT2D eigenvalue weighted by Gasteiger charge is 2.23. The lowest BCUT2D eigenvalue weighted by Crippen LogP contribution is -2.42. The second-order valence-corrected chi connectivity index (χ2v) is 9.53. The first-order valence-electron chi connectivity index (χ1n) is 12.5. The smallest absolute Gasteiger partial charge is 0.412 e. The van der Waals surface area contributed by atoms with Gasteiger partial charge in [-0.05, 0) is 49.7 Å². The highest BCUT2D eigenvalue weighted by Crippen LogP contribution is 2.32. The number of rotatable bonds is 9. The van der Waals surface area contributed by atoms with Crippen LogP contribution < -0.4 is 10.6 Å². The molecular weight excluding hydrogens is 548 g/mol. The van der Waals surface area contributed by atoms with E-state index >= 15 is 0 Å². The van der Waals surface area contributed by atoms with Crippen LogP contribution in [0.3, 0.4) is 0 Å². The molecule has 0 fully saturated rings. The number of aromatic nitrogens is 1. The van der Waals surface area contributed by atoms with Gasteiger partial charge in [0.15, 0.2) is 5.76 Å². The van der Waals surface area contributed by atoms with Crippen LogP contribution >= 0.6 is 11.6 Å². The molecule has 0 spiro atoms. The number of anilines is 1. The lowest BCUT2D eigenvalue weighted by Gasteiger charge is -2.16. The van der Waals surface area contributed by atoms with Crippen molar-refractivity contribution in [3.05, 3.63) is 106 Å². The highest BCUT2D eigenvalue weighted by atomic mass is 35.5. The molecule has 0 saturated carbocycles. The molecule has 0 aliphatic heterocycles. The summed E-state index contributed by atoms with van der Waals surface area (Å²) in [7, 11) is 0. The average Bonchev–Trinajstić information content (AvgIpc) is 3.32. The standard InChI is InChI=1S/C30H25ClN4O6/c1-17-26(34-30(39)40-18(2)23-5-3-4-6-24(23)31)27(41-35-17)21-11-13-22(14-12-21)28(36)33-25(29(37)38)15-19-7-9-20(16-32)10-8-19/h3-14,18,25H,15H2,1-2H3,(H,33,36)(H,34,39)(H,37,38)/t18-,25-/m1/s1. The third-order valence-electron chi connectivity index (χ3n) is 6.25. The maximum Gasteiger partial charge on any atom is 0.412 e. The van der Waals surface area contributed by atoms with Crippen molar-refractivity contribution in [1.29, 1.82) is 5.26 Å². The second-order valence-electron chi connectivity index (χ2n) is 9.12. The second kappa shape index (κ2) is 12.8. The molecule has 0 aliphatic rings. The molecule has 1 aromatic heterocycles. The normalized spacial score (nSPS) is 12.0. The van der Waals surface area contributed by atoms with Crippen molar-refractivity contribution in [2.24, 2.45) is 0 Å². The summed E-state index contributed by atoms with van der Waals surface area (Å²) < 4.78 is 10.9. The molecule has 2 atom stereocenters. The molecule has 41 heavy (non-hydrogen) atoms. The zero-order chi connectivity index (χ0) is 29.5. The van der Waals surface area contributed by atoms with Crippen molar-refractivity contribution in [3.63, 3.8) is 0 Å². The van der Waals surface area contributed by atoms with Gasteiger partial charge in [0.25, 0.3) is 5.91 Å². The summed E-state index contributed by atoms with van der Waals surface area (Å²) in [5, 5.41) is 28.2. The van der Waals surface area contributed by atoms with Crippen molar-refractivity contribution in [3.8, 4) is 17.4 Å². The molecule has 10 nitrogen and oxygen atoms in total. The number of nitrogens with one attached hydrogen (secondary N) is 2. The molecule has 11 heteroatoms. The first kappa shape index (κ1) is 28.9. The Morgan fingerprint density at radius 1 is 1.07 bits per heavy atom. The Morgan fingerprint density at radius 3 is 2.39 bits per heavy atom. The third-order valence-corrected chi connectivity index (χ3v) is 6.60. The Kier molecular flexibility index (Phi) is 9.02. The minimum Gasteiger partial charge on any atom is -0.480 e. The molecule has 0 unspecified atom stereocenters. The molecular formula is C30H25ClN4O6. The fourth-order valence-corrected chi connectivity index (χ4v) is 4.33. The molecule has 3 aromatic carbocycles. The number of carbonyl (C=O) groups is 3. The van der Waals surface area contributed by atoms with Gasteiger partial charge in [0.2, 0.25) is 0 Å². The van der Waals surface area contributed by atoms with Gasteiger partial charge in [-0.3, -0.25) is 10.1 Å². The zero-order valence-electron chi connectivity index (χ0n) is 22.1. The maximum atomic E-state index is 12.8. The first-order chi connectivity index (χ1) is 19.7. The molecule has 4 aromatic rings. The molecule has 1 heterocycles. The fourth-order valence-electron chi connectivity index (χ4n) is 4.04. The minimum absolute atomic E-state index is 0.0441. The van der Waals surface area contributed by atoms with Crippen LogP contribution in [0.1, 0.15) is 45.8 Å². The van der Waals surface area contributed by atoms with Gasteiger partial charge < -0.3 is 19.7 Å². The summed E-state index contributed by atoms with van der Waals surface area (Å²) in [6.45, 7) is 3.35. The van der Waals surface area contributed by atoms with Crippen LogP contribution in [0.15, 0.2) is 77.3 Å². The number of nitrogens with zero attached hydrogens (tertiary/aromatic N) is 2. The summed E-state index contributed by atoms with van der Waals surface area (Å²) in [4.78, 5) is 37.3. The lowest BCUT2D eigenvalue weighted by atomic mass is 10.0. The van der Waals surface area contributed by atoms with Crippen LogP contribution in [-0.2, 0) is 16.0 Å². The van der Waals surface area contributed by atoms with E-state index in [1.165, 1.54) is 12.1 Å². The molecule has 0 saturated heterocycles. The van der Waals surface area contributed by atoms with Crippen LogP contribution in [0.25, 0.3) is 11.3 Å². The van der Waals surface area contributed by atoms with Crippen LogP contribution in [0.5, 0.6) is 0 Å². The van der Waals surface area contributed by atoms with Gasteiger partial charge in [-0.2, -0.15) is 5.26 Å². The number of hydrogen-bond donors (Lipinski definition) is 3. The Labute approximate surface area is 240 Å². The van der Waals surface area contributed by atoms with E-state index < -0.39 is 30.1 Å². The predicted octanol–water partition coefficient (Wildman–Crippen LogP) is 5.91. The largest absolute Gasteiger partial charge is 0.480 e. The van der Waals surface area contributed by atoms with Crippen molar-refractivity contribution >= 4 is 35.3 Å². The van der Waals surface area contributed by atoms with Crippen LogP contribution in [0, 0.1) is 18.3 Å². The number of carbonyl (C=O) groups excluding carboxylic acids is 2. The van der Waals surface area contributed by atoms with E-state index in [-0.39, 0.29) is 17.7 Å². The number of amides is 2. The van der Waals surface area contributed by atoms with Gasteiger partial charge in [-0.15, -0.1) is 0 Å². The fraction of sp³-hybridized carbons (Fsp3) is 0.167. The first-order valence-corrected chi connectivity index (χ1v) is 12.9. The number of aryl methyl sites for hydroxylation is 1. The summed E-state index contributed by atoms with van der Waals surface area (Å²) >= 11 is 6.20. The molecule has 0 aliphatic carbocycles. The molecule has 4 rings (SSSR count). The van der Waals surface area contributed by atoms with Crippen LogP contribution in [0.2, 0.25) is 5.02 Å². The van der Waals surface area contributed by atoms with E-state index in [9.17, 15) is 19.5 Å². The summed E-state index contributed by atoms with van der Waals surface area (Å²) in [5.74, 6) is -1.52. The quantitative estimate of drug-likeness (QED) is 0.223. The maximum absolute atomic E-state index is 12.8. The third kappa shape index (κ3) is 7.09. The Balaban J connectivity index is 1.43. The van der Waals surface area contributed by atoms with E-state index in [1.807, 2.05) is 6.07 Å². The van der Waals surface area contributed by atoms with E-state index in [1.54, 1.807) is 74.5 Å². The average molecular weight is 573 g/mol. The number of halogens is 1. The van der Waals surface area contributed by atoms with Gasteiger partial charge >= 0.3 is 12.1 Å². The zero-order valence-corrected chi connectivity index (χ0v) is 22.8. The Hall–Kier alpha value is -5.14. The number of ether oxygens (including phenoxy) is 1. The van der Waals surface area contributed by atoms with Crippen LogP contribution in [-0.4, -0.2) is 34.3 Å². The number of nitriles is 1. The molecule has 208 valence electrons. The van der Waals surface area contributed by atoms with Gasteiger partial charge in [-0.25, -0.2) is 9.59 Å². The van der Waals surface area contributed by atoms with Crippen LogP contribution in [0.4, 0.5) is 10.5 Å². The van der Waals surface area contributed by atoms with Gasteiger partial charge in [-0.1, -0.05) is 59.2 Å². The van der Waals surface area contributed by atoms with Gasteiger partial charge in [0.05, 0.1) is 11.6 Å². The number of benzene rings is 3. The van der Waals surface area contributed by atoms with E-state index in [0.717, 1.165) is 0 Å². The number of carboxylic acids is 1. The van der Waals surface area contributed by atoms with E-state index in [2.05, 4.69) is 15.8 Å². The van der Waals surface area contributed by atoms with E-state index in [0.29, 0.717) is 38.7 Å². The van der Waals surface area contributed by atoms with Crippen molar-refractivity contribution in [2.75, 3.05) is 5.32 Å². The van der Waals surface area contributed by atoms with Crippen molar-refractivity contribution in [2.45, 2.75) is 32.4 Å². The van der Waals surface area contributed by atoms with Crippen molar-refractivity contribution in [1.82, 2.24) is 10.5 Å². The van der Waals surface area contributed by atoms with Gasteiger partial charge in [0.1, 0.15) is 23.5 Å². The van der Waals surface area contributed by atoms with E-state index in [4.69, 9.17) is 26.1 Å². The predicted molar refractivity (Wildman–Crippen MR) is 150 cm³/mol. The highest BCUT2D eigenvalue weighted by molar-refractivity contribution is 6.31. The molecule has 3 N–H and O–H groups in total. The molecule has 0 radical (unpaired) electrons. The summed E-state index contributed by atoms with van der Waals surface area (Å²) in [6.07, 6.45) is -1.30. The topological polar surface area (TPSA) is 155 Å². The monoisotopic (exact) mass is 572 g/mol. The summed E-state index contributed by atoms with van der Waals surface area (Å²) in [5.41, 5.74) is 3.22. The summed E-state index contributed by atoms with van der Waals surface area (Å²) in [6, 6.07) is 20.5. The van der Waals surface area contributed by atoms with Crippen molar-refractivity contribution < 1.29 is 28.8 Å². The minimum atomic E-state index is -1.19. The number of hydrogen-bond acceptors (Lipinski definition) is 7. The Morgan fingerprint density at radius 2 is 1.76 bits per heavy atom. The van der Waals surface area contributed by atoms with Gasteiger partial charge in [0, 0.05) is 28.1 Å². The lowest BCUT2D eigenvalue weighted by molar-refractivity contribution is -0.139.